The van der Waals surface area contributed by atoms with E-state index < -0.39 is 0 Å². The van der Waals surface area contributed by atoms with E-state index in [4.69, 9.17) is 5.73 Å². The summed E-state index contributed by atoms with van der Waals surface area (Å²) in [6.07, 6.45) is 4.78. The van der Waals surface area contributed by atoms with Crippen molar-refractivity contribution in [1.29, 1.82) is 0 Å². The highest BCUT2D eigenvalue weighted by molar-refractivity contribution is 4.90. The molecule has 1 rings (SSSR count). The first kappa shape index (κ1) is 10.0. The topological polar surface area (TPSA) is 46.2 Å². The van der Waals surface area contributed by atoms with Crippen LogP contribution in [0.25, 0.3) is 0 Å². The van der Waals surface area contributed by atoms with Crippen LogP contribution in [0, 0.1) is 5.92 Å². The molecule has 2 heteroatoms. The van der Waals surface area contributed by atoms with Crippen LogP contribution in [0.1, 0.15) is 46.0 Å². The third-order valence-corrected chi connectivity index (χ3v) is 2.77. The molecule has 1 saturated carbocycles. The van der Waals surface area contributed by atoms with E-state index in [9.17, 15) is 5.11 Å². The van der Waals surface area contributed by atoms with Crippen LogP contribution >= 0.6 is 0 Å². The molecule has 0 saturated heterocycles. The molecule has 0 aliphatic heterocycles. The van der Waals surface area contributed by atoms with Gasteiger partial charge in [-0.15, -0.1) is 0 Å². The number of rotatable bonds is 2. The maximum absolute atomic E-state index is 9.32. The first-order chi connectivity index (χ1) is 5.52. The Balaban J connectivity index is 2.39. The molecule has 0 aromatic rings. The fourth-order valence-corrected chi connectivity index (χ4v) is 2.19. The number of nitrogens with two attached hydrogens (primary N) is 1. The van der Waals surface area contributed by atoms with E-state index in [1.54, 1.807) is 0 Å². The fraction of sp³-hybridized carbons (Fsp3) is 1.00. The molecule has 0 bridgehead atoms. The molecular formula is C10H21NO. The number of hydrogen-bond donors (Lipinski definition) is 2. The van der Waals surface area contributed by atoms with Gasteiger partial charge in [0.05, 0.1) is 6.10 Å². The second-order valence-corrected chi connectivity index (χ2v) is 4.69. The minimum atomic E-state index is -0.0890. The average Bonchev–Trinajstić information content (AvgIpc) is 1.94. The molecule has 3 N–H and O–H groups in total. The van der Waals surface area contributed by atoms with Crippen molar-refractivity contribution in [2.45, 2.75) is 57.6 Å². The molecule has 0 amide bonds. The normalized spacial score (nSPS) is 37.2. The van der Waals surface area contributed by atoms with Gasteiger partial charge in [0, 0.05) is 5.54 Å². The van der Waals surface area contributed by atoms with Crippen molar-refractivity contribution in [3.05, 3.63) is 0 Å². The van der Waals surface area contributed by atoms with Gasteiger partial charge in [-0.3, -0.25) is 0 Å². The Labute approximate surface area is 75.2 Å². The van der Waals surface area contributed by atoms with Gasteiger partial charge >= 0.3 is 0 Å². The fourth-order valence-electron chi connectivity index (χ4n) is 2.19. The summed E-state index contributed by atoms with van der Waals surface area (Å²) in [5.74, 6) is 0.672. The van der Waals surface area contributed by atoms with E-state index in [0.717, 1.165) is 32.1 Å². The smallest absolute Gasteiger partial charge is 0.0541 e. The van der Waals surface area contributed by atoms with E-state index in [2.05, 4.69) is 13.8 Å². The van der Waals surface area contributed by atoms with E-state index in [-0.39, 0.29) is 11.6 Å². The summed E-state index contributed by atoms with van der Waals surface area (Å²) in [7, 11) is 0. The Hall–Kier alpha value is -0.0800. The largest absolute Gasteiger partial charge is 0.393 e. The highest BCUT2D eigenvalue weighted by Crippen LogP contribution is 2.31. The van der Waals surface area contributed by atoms with Crippen molar-refractivity contribution in [2.24, 2.45) is 11.7 Å². The van der Waals surface area contributed by atoms with Gasteiger partial charge < -0.3 is 10.8 Å². The number of aliphatic hydroxyl groups excluding tert-OH is 1. The first-order valence-corrected chi connectivity index (χ1v) is 4.99. The molecule has 72 valence electrons. The summed E-state index contributed by atoms with van der Waals surface area (Å²) < 4.78 is 0. The minimum absolute atomic E-state index is 0.0212. The van der Waals surface area contributed by atoms with E-state index >= 15 is 0 Å². The zero-order valence-corrected chi connectivity index (χ0v) is 8.21. The molecule has 0 radical (unpaired) electrons. The summed E-state index contributed by atoms with van der Waals surface area (Å²) in [6.45, 7) is 4.42. The van der Waals surface area contributed by atoms with Gasteiger partial charge in [-0.05, 0) is 38.0 Å². The van der Waals surface area contributed by atoms with E-state index in [0.29, 0.717) is 5.92 Å². The van der Waals surface area contributed by atoms with Crippen molar-refractivity contribution in [3.63, 3.8) is 0 Å². The SMILES string of the molecule is CC(C)CC1(N)CCC(O)CC1. The second-order valence-electron chi connectivity index (χ2n) is 4.69. The Bertz CT molecular complexity index is 137. The predicted molar refractivity (Wildman–Crippen MR) is 50.8 cm³/mol. The zero-order valence-electron chi connectivity index (χ0n) is 8.21. The number of aliphatic hydroxyl groups is 1. The summed E-state index contributed by atoms with van der Waals surface area (Å²) in [4.78, 5) is 0. The van der Waals surface area contributed by atoms with Crippen LogP contribution in [0.15, 0.2) is 0 Å². The standard InChI is InChI=1S/C10H21NO/c1-8(2)7-10(11)5-3-9(12)4-6-10/h8-9,12H,3-7,11H2,1-2H3. The third-order valence-electron chi connectivity index (χ3n) is 2.77. The summed E-state index contributed by atoms with van der Waals surface area (Å²) >= 11 is 0. The minimum Gasteiger partial charge on any atom is -0.393 e. The third kappa shape index (κ3) is 2.76. The van der Waals surface area contributed by atoms with Crippen molar-refractivity contribution in [2.75, 3.05) is 0 Å². The lowest BCUT2D eigenvalue weighted by Gasteiger charge is -2.36. The summed E-state index contributed by atoms with van der Waals surface area (Å²) in [6, 6.07) is 0. The maximum Gasteiger partial charge on any atom is 0.0541 e. The van der Waals surface area contributed by atoms with Gasteiger partial charge in [-0.1, -0.05) is 13.8 Å². The molecule has 12 heavy (non-hydrogen) atoms. The molecule has 0 heterocycles. The van der Waals surface area contributed by atoms with Crippen LogP contribution < -0.4 is 5.73 Å². The molecule has 2 nitrogen and oxygen atoms in total. The lowest BCUT2D eigenvalue weighted by molar-refractivity contribution is 0.0900. The van der Waals surface area contributed by atoms with Crippen LogP contribution in [-0.2, 0) is 0 Å². The first-order valence-electron chi connectivity index (χ1n) is 4.99. The second kappa shape index (κ2) is 3.75. The van der Waals surface area contributed by atoms with Gasteiger partial charge in [-0.25, -0.2) is 0 Å². The monoisotopic (exact) mass is 171 g/mol. The van der Waals surface area contributed by atoms with Crippen molar-refractivity contribution < 1.29 is 5.11 Å². The Morgan fingerprint density at radius 3 is 2.33 bits per heavy atom. The van der Waals surface area contributed by atoms with Crippen LogP contribution in [0.3, 0.4) is 0 Å². The van der Waals surface area contributed by atoms with Gasteiger partial charge in [-0.2, -0.15) is 0 Å². The highest BCUT2D eigenvalue weighted by atomic mass is 16.3. The van der Waals surface area contributed by atoms with Crippen molar-refractivity contribution in [3.8, 4) is 0 Å². The maximum atomic E-state index is 9.32. The highest BCUT2D eigenvalue weighted by Gasteiger charge is 2.31. The molecule has 1 fully saturated rings. The van der Waals surface area contributed by atoms with Gasteiger partial charge in [0.25, 0.3) is 0 Å². The van der Waals surface area contributed by atoms with E-state index in [1.165, 1.54) is 0 Å². The summed E-state index contributed by atoms with van der Waals surface area (Å²) in [5, 5.41) is 9.32. The molecule has 0 aromatic heterocycles. The lowest BCUT2D eigenvalue weighted by Crippen LogP contribution is -2.45. The molecular weight excluding hydrogens is 150 g/mol. The molecule has 1 aliphatic rings. The van der Waals surface area contributed by atoms with Gasteiger partial charge in [0.1, 0.15) is 0 Å². The molecule has 0 aromatic carbocycles. The van der Waals surface area contributed by atoms with Gasteiger partial charge in [0.15, 0.2) is 0 Å². The van der Waals surface area contributed by atoms with Crippen LogP contribution in [0.2, 0.25) is 0 Å². The predicted octanol–water partition coefficient (Wildman–Crippen LogP) is 1.66. The summed E-state index contributed by atoms with van der Waals surface area (Å²) in [5.41, 5.74) is 6.23. The van der Waals surface area contributed by atoms with Crippen LogP contribution in [0.4, 0.5) is 0 Å². The molecule has 1 aliphatic carbocycles. The molecule has 0 unspecified atom stereocenters. The lowest BCUT2D eigenvalue weighted by atomic mass is 9.76. The number of hydrogen-bond acceptors (Lipinski definition) is 2. The van der Waals surface area contributed by atoms with Crippen molar-refractivity contribution in [1.82, 2.24) is 0 Å². The van der Waals surface area contributed by atoms with Crippen LogP contribution in [-0.4, -0.2) is 16.7 Å². The quantitative estimate of drug-likeness (QED) is 0.664. The average molecular weight is 171 g/mol. The Morgan fingerprint density at radius 1 is 1.42 bits per heavy atom. The molecule has 0 atom stereocenters. The zero-order chi connectivity index (χ0) is 9.19. The van der Waals surface area contributed by atoms with Crippen molar-refractivity contribution >= 4 is 0 Å². The van der Waals surface area contributed by atoms with Crippen LogP contribution in [0.5, 0.6) is 0 Å². The molecule has 0 spiro atoms. The van der Waals surface area contributed by atoms with Gasteiger partial charge in [0.2, 0.25) is 0 Å². The Morgan fingerprint density at radius 2 is 1.92 bits per heavy atom. The Kier molecular flexibility index (Phi) is 3.13. The van der Waals surface area contributed by atoms with E-state index in [1.807, 2.05) is 0 Å².